The van der Waals surface area contributed by atoms with Crippen LogP contribution in [0.5, 0.6) is 0 Å². The molecule has 0 saturated carbocycles. The Kier molecular flexibility index (Phi) is 5.08. The number of aliphatic hydroxyl groups is 1. The maximum absolute atomic E-state index is 11.4. The van der Waals surface area contributed by atoms with Gasteiger partial charge in [0.2, 0.25) is 5.91 Å². The number of hydrogen-bond acceptors (Lipinski definition) is 5. The van der Waals surface area contributed by atoms with Gasteiger partial charge in [0.15, 0.2) is 0 Å². The Balaban J connectivity index is 2.34. The van der Waals surface area contributed by atoms with Crippen molar-refractivity contribution in [2.24, 2.45) is 0 Å². The molecule has 0 spiro atoms. The highest BCUT2D eigenvalue weighted by Gasteiger charge is 2.18. The smallest absolute Gasteiger partial charge is 0.326 e. The maximum Gasteiger partial charge on any atom is 0.326 e. The second-order valence-electron chi connectivity index (χ2n) is 3.38. The normalized spacial score (nSPS) is 12.1. The topological polar surface area (TPSA) is 117 Å². The van der Waals surface area contributed by atoms with E-state index in [0.29, 0.717) is 6.54 Å². The summed E-state index contributed by atoms with van der Waals surface area (Å²) >= 11 is 0. The first-order valence-electron chi connectivity index (χ1n) is 5.09. The minimum atomic E-state index is -1.16. The van der Waals surface area contributed by atoms with Gasteiger partial charge in [0, 0.05) is 19.4 Å². The van der Waals surface area contributed by atoms with Crippen LogP contribution in [0.1, 0.15) is 12.8 Å². The largest absolute Gasteiger partial charge is 0.480 e. The fourth-order valence-electron chi connectivity index (χ4n) is 1.22. The summed E-state index contributed by atoms with van der Waals surface area (Å²) < 4.78 is 1.47. The summed E-state index contributed by atoms with van der Waals surface area (Å²) in [7, 11) is 0. The number of rotatable bonds is 7. The van der Waals surface area contributed by atoms with Gasteiger partial charge in [-0.2, -0.15) is 5.10 Å². The van der Waals surface area contributed by atoms with E-state index in [1.807, 2.05) is 0 Å². The number of carboxylic acid groups (broad SMARTS) is 1. The Morgan fingerprint density at radius 3 is 2.76 bits per heavy atom. The first-order valence-corrected chi connectivity index (χ1v) is 5.09. The van der Waals surface area contributed by atoms with Crippen molar-refractivity contribution in [1.82, 2.24) is 20.1 Å². The molecule has 0 fully saturated rings. The molecule has 1 heterocycles. The van der Waals surface area contributed by atoms with Gasteiger partial charge in [0.1, 0.15) is 18.7 Å². The van der Waals surface area contributed by atoms with E-state index in [4.69, 9.17) is 10.2 Å². The van der Waals surface area contributed by atoms with Gasteiger partial charge >= 0.3 is 5.97 Å². The zero-order chi connectivity index (χ0) is 12.7. The van der Waals surface area contributed by atoms with Gasteiger partial charge in [-0.15, -0.1) is 0 Å². The molecule has 1 aromatic heterocycles. The first-order chi connectivity index (χ1) is 8.13. The first kappa shape index (κ1) is 13.1. The van der Waals surface area contributed by atoms with Gasteiger partial charge < -0.3 is 15.5 Å². The highest BCUT2D eigenvalue weighted by molar-refractivity contribution is 5.83. The SMILES string of the molecule is O=C(CCn1cncn1)N[C@@H](CCO)C(=O)O. The highest BCUT2D eigenvalue weighted by Crippen LogP contribution is 1.94. The summed E-state index contributed by atoms with van der Waals surface area (Å²) in [5, 5.41) is 23.5. The second kappa shape index (κ2) is 6.59. The zero-order valence-corrected chi connectivity index (χ0v) is 9.11. The van der Waals surface area contributed by atoms with Crippen molar-refractivity contribution < 1.29 is 19.8 Å². The molecule has 1 rings (SSSR count). The minimum absolute atomic E-state index is 0.00953. The van der Waals surface area contributed by atoms with Crippen LogP contribution in [0.25, 0.3) is 0 Å². The average molecular weight is 242 g/mol. The van der Waals surface area contributed by atoms with Crippen molar-refractivity contribution in [3.8, 4) is 0 Å². The molecule has 1 atom stereocenters. The summed E-state index contributed by atoms with van der Waals surface area (Å²) in [5.74, 6) is -1.56. The van der Waals surface area contributed by atoms with E-state index in [1.54, 1.807) is 0 Å². The number of carbonyl (C=O) groups excluding carboxylic acids is 1. The van der Waals surface area contributed by atoms with Gasteiger partial charge in [-0.1, -0.05) is 0 Å². The van der Waals surface area contributed by atoms with E-state index in [2.05, 4.69) is 15.4 Å². The van der Waals surface area contributed by atoms with Gasteiger partial charge in [-0.25, -0.2) is 9.78 Å². The third kappa shape index (κ3) is 4.60. The van der Waals surface area contributed by atoms with Crippen LogP contribution < -0.4 is 5.32 Å². The molecule has 0 radical (unpaired) electrons. The molecular weight excluding hydrogens is 228 g/mol. The Bertz CT molecular complexity index is 365. The predicted molar refractivity (Wildman–Crippen MR) is 55.9 cm³/mol. The van der Waals surface area contributed by atoms with E-state index >= 15 is 0 Å². The van der Waals surface area contributed by atoms with Crippen LogP contribution in [0.3, 0.4) is 0 Å². The summed E-state index contributed by atoms with van der Waals surface area (Å²) in [6, 6.07) is -1.05. The lowest BCUT2D eigenvalue weighted by atomic mass is 10.2. The molecule has 0 aromatic carbocycles. The zero-order valence-electron chi connectivity index (χ0n) is 9.11. The number of aliphatic hydroxyl groups excluding tert-OH is 1. The molecule has 3 N–H and O–H groups in total. The molecule has 8 heteroatoms. The molecule has 1 aromatic rings. The monoisotopic (exact) mass is 242 g/mol. The van der Waals surface area contributed by atoms with Crippen LogP contribution in [0.4, 0.5) is 0 Å². The van der Waals surface area contributed by atoms with Crippen LogP contribution in [0.15, 0.2) is 12.7 Å². The number of nitrogens with zero attached hydrogens (tertiary/aromatic N) is 3. The predicted octanol–water partition coefficient (Wildman–Crippen LogP) is -1.38. The fourth-order valence-corrected chi connectivity index (χ4v) is 1.22. The molecule has 0 saturated heterocycles. The average Bonchev–Trinajstić information content (AvgIpc) is 2.78. The van der Waals surface area contributed by atoms with E-state index < -0.39 is 17.9 Å². The number of nitrogens with one attached hydrogen (secondary N) is 1. The van der Waals surface area contributed by atoms with Gasteiger partial charge in [0.05, 0.1) is 6.54 Å². The van der Waals surface area contributed by atoms with Crippen LogP contribution in [0.2, 0.25) is 0 Å². The molecule has 0 unspecified atom stereocenters. The Morgan fingerprint density at radius 1 is 1.47 bits per heavy atom. The molecular formula is C9H14N4O4. The summed E-state index contributed by atoms with van der Waals surface area (Å²) in [6.45, 7) is 0.0393. The van der Waals surface area contributed by atoms with Crippen LogP contribution in [-0.4, -0.2) is 49.5 Å². The van der Waals surface area contributed by atoms with Crippen molar-refractivity contribution in [2.45, 2.75) is 25.4 Å². The third-order valence-electron chi connectivity index (χ3n) is 2.09. The number of aryl methyl sites for hydroxylation is 1. The minimum Gasteiger partial charge on any atom is -0.480 e. The number of carbonyl (C=O) groups is 2. The van der Waals surface area contributed by atoms with Crippen molar-refractivity contribution in [2.75, 3.05) is 6.61 Å². The highest BCUT2D eigenvalue weighted by atomic mass is 16.4. The second-order valence-corrected chi connectivity index (χ2v) is 3.38. The number of aliphatic carboxylic acids is 1. The van der Waals surface area contributed by atoms with Crippen molar-refractivity contribution in [3.05, 3.63) is 12.7 Å². The van der Waals surface area contributed by atoms with Crippen molar-refractivity contribution >= 4 is 11.9 Å². The van der Waals surface area contributed by atoms with E-state index in [0.717, 1.165) is 0 Å². The molecule has 0 aliphatic rings. The van der Waals surface area contributed by atoms with Crippen LogP contribution >= 0.6 is 0 Å². The molecule has 0 aliphatic carbocycles. The fraction of sp³-hybridized carbons (Fsp3) is 0.556. The van der Waals surface area contributed by atoms with Gasteiger partial charge in [-0.05, 0) is 0 Å². The standard InChI is InChI=1S/C9H14N4O4/c14-4-2-7(9(16)17)12-8(15)1-3-13-6-10-5-11-13/h5-7,14H,1-4H2,(H,12,15)(H,16,17)/t7-/m0/s1. The van der Waals surface area contributed by atoms with Crippen molar-refractivity contribution in [1.29, 1.82) is 0 Å². The Morgan fingerprint density at radius 2 is 2.24 bits per heavy atom. The van der Waals surface area contributed by atoms with Crippen molar-refractivity contribution in [3.63, 3.8) is 0 Å². The summed E-state index contributed by atoms with van der Waals surface area (Å²) in [4.78, 5) is 25.8. The summed E-state index contributed by atoms with van der Waals surface area (Å²) in [6.07, 6.45) is 2.92. The number of carboxylic acids is 1. The molecule has 94 valence electrons. The van der Waals surface area contributed by atoms with E-state index in [-0.39, 0.29) is 19.4 Å². The van der Waals surface area contributed by atoms with E-state index in [1.165, 1.54) is 17.3 Å². The third-order valence-corrected chi connectivity index (χ3v) is 2.09. The van der Waals surface area contributed by atoms with E-state index in [9.17, 15) is 9.59 Å². The van der Waals surface area contributed by atoms with Crippen LogP contribution in [0, 0.1) is 0 Å². The number of hydrogen-bond donors (Lipinski definition) is 3. The number of aromatic nitrogens is 3. The van der Waals surface area contributed by atoms with Crippen LogP contribution in [-0.2, 0) is 16.1 Å². The Hall–Kier alpha value is -1.96. The lowest BCUT2D eigenvalue weighted by Gasteiger charge is -2.12. The van der Waals surface area contributed by atoms with Gasteiger partial charge in [0.25, 0.3) is 0 Å². The lowest BCUT2D eigenvalue weighted by Crippen LogP contribution is -2.41. The molecule has 0 bridgehead atoms. The summed E-state index contributed by atoms with van der Waals surface area (Å²) in [5.41, 5.74) is 0. The quantitative estimate of drug-likeness (QED) is 0.542. The molecule has 17 heavy (non-hydrogen) atoms. The lowest BCUT2D eigenvalue weighted by molar-refractivity contribution is -0.142. The number of amides is 1. The maximum atomic E-state index is 11.4. The van der Waals surface area contributed by atoms with Gasteiger partial charge in [-0.3, -0.25) is 9.48 Å². The molecule has 0 aliphatic heterocycles. The molecule has 8 nitrogen and oxygen atoms in total. The molecule has 1 amide bonds. The Labute approximate surface area is 97.3 Å².